The van der Waals surface area contributed by atoms with Crippen LogP contribution in [0, 0.1) is 10.1 Å². The molecule has 0 amide bonds. The normalized spacial score (nSPS) is 19.3. The molecule has 1 N–H and O–H groups in total. The average Bonchev–Trinajstić information content (AvgIpc) is 2.80. The minimum atomic E-state index is -3.65. The zero-order valence-corrected chi connectivity index (χ0v) is 11.1. The second kappa shape index (κ2) is 5.14. The van der Waals surface area contributed by atoms with Gasteiger partial charge in [0.1, 0.15) is 10.6 Å². The summed E-state index contributed by atoms with van der Waals surface area (Å²) in [4.78, 5) is 10.2. The topological polar surface area (TPSA) is 98.5 Å². The number of rotatable bonds is 4. The van der Waals surface area contributed by atoms with E-state index in [1.54, 1.807) is 0 Å². The lowest BCUT2D eigenvalue weighted by Gasteiger charge is -2.13. The van der Waals surface area contributed by atoms with Gasteiger partial charge in [-0.25, -0.2) is 8.42 Å². The fourth-order valence-electron chi connectivity index (χ4n) is 1.99. The van der Waals surface area contributed by atoms with Gasteiger partial charge in [0.2, 0.25) is 0 Å². The predicted molar refractivity (Wildman–Crippen MR) is 69.1 cm³/mol. The third kappa shape index (κ3) is 3.02. The van der Waals surface area contributed by atoms with Crippen molar-refractivity contribution in [2.24, 2.45) is 0 Å². The monoisotopic (exact) mass is 286 g/mol. The van der Waals surface area contributed by atoms with Gasteiger partial charge in [0.05, 0.1) is 17.6 Å². The van der Waals surface area contributed by atoms with Crippen molar-refractivity contribution in [1.29, 1.82) is 0 Å². The molecule has 0 spiro atoms. The van der Waals surface area contributed by atoms with Crippen LogP contribution in [0.5, 0.6) is 0 Å². The molecule has 0 aliphatic carbocycles. The van der Waals surface area contributed by atoms with Gasteiger partial charge in [0, 0.05) is 12.9 Å². The highest BCUT2D eigenvalue weighted by Crippen LogP contribution is 2.32. The Morgan fingerprint density at radius 3 is 2.74 bits per heavy atom. The van der Waals surface area contributed by atoms with E-state index in [9.17, 15) is 18.5 Å². The van der Waals surface area contributed by atoms with Crippen LogP contribution in [0.2, 0.25) is 0 Å². The Bertz CT molecular complexity index is 593. The number of benzene rings is 1. The van der Waals surface area contributed by atoms with Crippen LogP contribution in [0.4, 0.5) is 11.4 Å². The van der Waals surface area contributed by atoms with Crippen molar-refractivity contribution in [2.75, 3.05) is 24.8 Å². The van der Waals surface area contributed by atoms with E-state index in [2.05, 4.69) is 5.32 Å². The first-order chi connectivity index (χ1) is 8.89. The highest BCUT2D eigenvalue weighted by Gasteiger charge is 2.27. The standard InChI is InChI=1S/C11H14N2O5S/c1-19(16,17)10-4-2-3-9(11(10)13(14)15)12-8-5-6-18-7-8/h2-4,8,12H,5-7H2,1H3. The molecular formula is C11H14N2O5S. The number of nitro benzene ring substituents is 1. The number of hydrogen-bond donors (Lipinski definition) is 1. The van der Waals surface area contributed by atoms with Gasteiger partial charge in [-0.3, -0.25) is 10.1 Å². The molecule has 0 bridgehead atoms. The van der Waals surface area contributed by atoms with Crippen molar-refractivity contribution in [1.82, 2.24) is 0 Å². The number of nitrogens with one attached hydrogen (secondary N) is 1. The molecule has 1 fully saturated rings. The summed E-state index contributed by atoms with van der Waals surface area (Å²) in [5.41, 5.74) is -0.194. The Balaban J connectivity index is 2.45. The first kappa shape index (κ1) is 13.8. The second-order valence-corrected chi connectivity index (χ2v) is 6.37. The summed E-state index contributed by atoms with van der Waals surface area (Å²) in [5, 5.41) is 14.1. The average molecular weight is 286 g/mol. The molecule has 1 unspecified atom stereocenters. The summed E-state index contributed by atoms with van der Waals surface area (Å²) >= 11 is 0. The highest BCUT2D eigenvalue weighted by atomic mass is 32.2. The summed E-state index contributed by atoms with van der Waals surface area (Å²) in [7, 11) is -3.65. The van der Waals surface area contributed by atoms with Crippen molar-refractivity contribution < 1.29 is 18.1 Å². The molecule has 8 heteroatoms. The van der Waals surface area contributed by atoms with E-state index < -0.39 is 20.4 Å². The lowest BCUT2D eigenvalue weighted by molar-refractivity contribution is -0.386. The molecule has 0 saturated carbocycles. The lowest BCUT2D eigenvalue weighted by atomic mass is 10.2. The minimum absolute atomic E-state index is 0.0338. The molecule has 1 aliphatic heterocycles. The number of anilines is 1. The van der Waals surface area contributed by atoms with E-state index >= 15 is 0 Å². The molecule has 0 radical (unpaired) electrons. The number of para-hydroxylation sites is 1. The lowest BCUT2D eigenvalue weighted by Crippen LogP contribution is -2.20. The summed E-state index contributed by atoms with van der Waals surface area (Å²) in [6, 6.07) is 4.20. The maximum Gasteiger partial charge on any atom is 0.310 e. The van der Waals surface area contributed by atoms with Gasteiger partial charge in [-0.2, -0.15) is 0 Å². The van der Waals surface area contributed by atoms with Crippen LogP contribution in [0.1, 0.15) is 6.42 Å². The zero-order valence-electron chi connectivity index (χ0n) is 10.3. The highest BCUT2D eigenvalue weighted by molar-refractivity contribution is 7.90. The van der Waals surface area contributed by atoms with Gasteiger partial charge < -0.3 is 10.1 Å². The van der Waals surface area contributed by atoms with E-state index in [1.165, 1.54) is 18.2 Å². The SMILES string of the molecule is CS(=O)(=O)c1cccc(NC2CCOC2)c1[N+](=O)[O-]. The second-order valence-electron chi connectivity index (χ2n) is 4.39. The fourth-order valence-corrected chi connectivity index (χ4v) is 2.86. The van der Waals surface area contributed by atoms with Gasteiger partial charge >= 0.3 is 5.69 Å². The van der Waals surface area contributed by atoms with E-state index in [-0.39, 0.29) is 16.6 Å². The molecule has 7 nitrogen and oxygen atoms in total. The minimum Gasteiger partial charge on any atom is -0.379 e. The maximum absolute atomic E-state index is 11.6. The number of nitrogens with zero attached hydrogens (tertiary/aromatic N) is 1. The molecule has 104 valence electrons. The Morgan fingerprint density at radius 2 is 2.21 bits per heavy atom. The van der Waals surface area contributed by atoms with Gasteiger partial charge in [0.15, 0.2) is 9.84 Å². The van der Waals surface area contributed by atoms with Gasteiger partial charge in [0.25, 0.3) is 0 Å². The first-order valence-corrected chi connectivity index (χ1v) is 7.60. The molecule has 1 heterocycles. The van der Waals surface area contributed by atoms with Crippen LogP contribution < -0.4 is 5.32 Å². The number of hydrogen-bond acceptors (Lipinski definition) is 6. The van der Waals surface area contributed by atoms with Crippen LogP contribution in [-0.4, -0.2) is 38.9 Å². The quantitative estimate of drug-likeness (QED) is 0.659. The number of nitro groups is 1. The van der Waals surface area contributed by atoms with Crippen LogP contribution in [-0.2, 0) is 14.6 Å². The van der Waals surface area contributed by atoms with E-state index in [0.717, 1.165) is 12.7 Å². The van der Waals surface area contributed by atoms with Crippen molar-refractivity contribution in [3.63, 3.8) is 0 Å². The van der Waals surface area contributed by atoms with Crippen molar-refractivity contribution in [3.8, 4) is 0 Å². The Labute approximate surface area is 110 Å². The maximum atomic E-state index is 11.6. The summed E-state index contributed by atoms with van der Waals surface area (Å²) < 4.78 is 28.4. The molecule has 19 heavy (non-hydrogen) atoms. The number of ether oxygens (including phenoxy) is 1. The summed E-state index contributed by atoms with van der Waals surface area (Å²) in [6.45, 7) is 1.05. The zero-order chi connectivity index (χ0) is 14.0. The van der Waals surface area contributed by atoms with Crippen molar-refractivity contribution in [3.05, 3.63) is 28.3 Å². The molecule has 1 aromatic carbocycles. The Kier molecular flexibility index (Phi) is 3.72. The fraction of sp³-hybridized carbons (Fsp3) is 0.455. The molecule has 1 atom stereocenters. The van der Waals surface area contributed by atoms with Crippen LogP contribution in [0.25, 0.3) is 0 Å². The van der Waals surface area contributed by atoms with Gasteiger partial charge in [-0.05, 0) is 18.6 Å². The first-order valence-electron chi connectivity index (χ1n) is 5.71. The third-order valence-electron chi connectivity index (χ3n) is 2.87. The van der Waals surface area contributed by atoms with E-state index in [1.807, 2.05) is 0 Å². The van der Waals surface area contributed by atoms with Crippen LogP contribution in [0.15, 0.2) is 23.1 Å². The molecule has 1 aliphatic rings. The molecule has 1 aromatic rings. The van der Waals surface area contributed by atoms with Crippen LogP contribution >= 0.6 is 0 Å². The van der Waals surface area contributed by atoms with Crippen molar-refractivity contribution in [2.45, 2.75) is 17.4 Å². The molecular weight excluding hydrogens is 272 g/mol. The Hall–Kier alpha value is -1.67. The van der Waals surface area contributed by atoms with E-state index in [4.69, 9.17) is 4.74 Å². The molecule has 0 aromatic heterocycles. The summed E-state index contributed by atoms with van der Waals surface area (Å²) in [6.07, 6.45) is 1.69. The predicted octanol–water partition coefficient (Wildman–Crippen LogP) is 1.20. The summed E-state index contributed by atoms with van der Waals surface area (Å²) in [5.74, 6) is 0. The Morgan fingerprint density at radius 1 is 1.47 bits per heavy atom. The van der Waals surface area contributed by atoms with Gasteiger partial charge in [-0.15, -0.1) is 0 Å². The van der Waals surface area contributed by atoms with Crippen molar-refractivity contribution >= 4 is 21.2 Å². The van der Waals surface area contributed by atoms with E-state index in [0.29, 0.717) is 13.2 Å². The molecule has 2 rings (SSSR count). The van der Waals surface area contributed by atoms with Gasteiger partial charge in [-0.1, -0.05) is 6.07 Å². The molecule has 1 saturated heterocycles. The number of sulfone groups is 1. The smallest absolute Gasteiger partial charge is 0.310 e. The third-order valence-corrected chi connectivity index (χ3v) is 4.00. The van der Waals surface area contributed by atoms with Crippen LogP contribution in [0.3, 0.4) is 0 Å². The largest absolute Gasteiger partial charge is 0.379 e.